The number of rotatable bonds is 8. The second-order valence-electron chi connectivity index (χ2n) is 10.0. The number of thioether (sulfide) groups is 1. The van der Waals surface area contributed by atoms with Crippen molar-refractivity contribution in [3.8, 4) is 0 Å². The van der Waals surface area contributed by atoms with Gasteiger partial charge in [0.25, 0.3) is 0 Å². The Hall–Kier alpha value is -2.79. The number of allylic oxidation sites excluding steroid dienone is 1. The molecular formula is C27H32F3N3O4S. The van der Waals surface area contributed by atoms with Crippen LogP contribution < -0.4 is 5.32 Å². The van der Waals surface area contributed by atoms with Gasteiger partial charge in [0, 0.05) is 18.8 Å². The molecule has 1 fully saturated rings. The number of aliphatic imine (C=N–C) groups is 1. The minimum atomic E-state index is -4.89. The van der Waals surface area contributed by atoms with Crippen molar-refractivity contribution in [3.63, 3.8) is 0 Å². The van der Waals surface area contributed by atoms with Crippen LogP contribution in [-0.2, 0) is 19.1 Å². The van der Waals surface area contributed by atoms with Gasteiger partial charge < -0.3 is 19.7 Å². The SMILES string of the molecule is CC(C)OC(=O)C1=C(C(F)(F)F)N=C2SC=C(CC(=O)NC[C@@H]3CCCO3)N2[C@@H]1c1ccc(C(C)C)cc1. The molecule has 2 atom stereocenters. The molecule has 11 heteroatoms. The van der Waals surface area contributed by atoms with E-state index in [1.807, 2.05) is 26.0 Å². The number of carbonyl (C=O) groups is 2. The molecule has 7 nitrogen and oxygen atoms in total. The Morgan fingerprint density at radius 1 is 1.21 bits per heavy atom. The lowest BCUT2D eigenvalue weighted by molar-refractivity contribution is -0.145. The molecule has 0 radical (unpaired) electrons. The van der Waals surface area contributed by atoms with Crippen LogP contribution in [0.5, 0.6) is 0 Å². The Labute approximate surface area is 224 Å². The predicted molar refractivity (Wildman–Crippen MR) is 139 cm³/mol. The van der Waals surface area contributed by atoms with Crippen molar-refractivity contribution < 1.29 is 32.2 Å². The van der Waals surface area contributed by atoms with E-state index >= 15 is 0 Å². The molecule has 0 saturated carbocycles. The largest absolute Gasteiger partial charge is 0.459 e. The van der Waals surface area contributed by atoms with Gasteiger partial charge in [0.1, 0.15) is 0 Å². The maximum atomic E-state index is 14.3. The van der Waals surface area contributed by atoms with E-state index in [-0.39, 0.29) is 29.5 Å². The summed E-state index contributed by atoms with van der Waals surface area (Å²) in [5.41, 5.74) is 0.0441. The number of alkyl halides is 3. The van der Waals surface area contributed by atoms with Crippen molar-refractivity contribution >= 4 is 28.8 Å². The molecule has 1 aromatic carbocycles. The van der Waals surface area contributed by atoms with Crippen LogP contribution in [0.1, 0.15) is 70.0 Å². The van der Waals surface area contributed by atoms with Crippen LogP contribution in [0.3, 0.4) is 0 Å². The van der Waals surface area contributed by atoms with Gasteiger partial charge in [-0.2, -0.15) is 13.2 Å². The standard InChI is InChI=1S/C27H32F3N3O4S/c1-15(2)17-7-9-18(10-8-17)23-22(25(35)37-16(3)4)24(27(28,29)30)32-26-33(23)19(14-38-26)12-21(34)31-13-20-6-5-11-36-20/h7-10,14-16,20,23H,5-6,11-13H2,1-4H3,(H,31,34)/t20-,23+/m0/s1. The van der Waals surface area contributed by atoms with E-state index in [0.717, 1.165) is 30.2 Å². The van der Waals surface area contributed by atoms with E-state index in [9.17, 15) is 22.8 Å². The molecule has 1 aromatic rings. The fourth-order valence-corrected chi connectivity index (χ4v) is 5.51. The molecule has 206 valence electrons. The molecule has 4 rings (SSSR count). The second kappa shape index (κ2) is 11.5. The van der Waals surface area contributed by atoms with E-state index in [0.29, 0.717) is 24.4 Å². The zero-order valence-corrected chi connectivity index (χ0v) is 22.6. The average Bonchev–Trinajstić information content (AvgIpc) is 3.51. The van der Waals surface area contributed by atoms with Gasteiger partial charge in [0.15, 0.2) is 10.9 Å². The van der Waals surface area contributed by atoms with Gasteiger partial charge in [0.05, 0.1) is 30.2 Å². The van der Waals surface area contributed by atoms with Crippen LogP contribution in [0.2, 0.25) is 0 Å². The first-order valence-electron chi connectivity index (χ1n) is 12.7. The maximum absolute atomic E-state index is 14.3. The highest BCUT2D eigenvalue weighted by Crippen LogP contribution is 2.48. The lowest BCUT2D eigenvalue weighted by Crippen LogP contribution is -2.40. The number of hydrogen-bond acceptors (Lipinski definition) is 7. The van der Waals surface area contributed by atoms with Crippen molar-refractivity contribution in [1.82, 2.24) is 10.2 Å². The van der Waals surface area contributed by atoms with Crippen molar-refractivity contribution in [2.24, 2.45) is 4.99 Å². The molecule has 3 aliphatic rings. The average molecular weight is 552 g/mol. The number of amidine groups is 1. The molecule has 0 spiro atoms. The number of nitrogens with one attached hydrogen (secondary N) is 1. The van der Waals surface area contributed by atoms with Gasteiger partial charge in [-0.3, -0.25) is 4.79 Å². The maximum Gasteiger partial charge on any atom is 0.434 e. The Balaban J connectivity index is 1.72. The minimum absolute atomic E-state index is 0.0418. The topological polar surface area (TPSA) is 80.2 Å². The minimum Gasteiger partial charge on any atom is -0.459 e. The number of amides is 1. The summed E-state index contributed by atoms with van der Waals surface area (Å²) in [6.07, 6.45) is -3.85. The molecule has 0 bridgehead atoms. The molecule has 1 saturated heterocycles. The highest BCUT2D eigenvalue weighted by atomic mass is 32.2. The zero-order valence-electron chi connectivity index (χ0n) is 21.8. The van der Waals surface area contributed by atoms with Gasteiger partial charge >= 0.3 is 12.1 Å². The van der Waals surface area contributed by atoms with Crippen LogP contribution in [0.4, 0.5) is 13.2 Å². The van der Waals surface area contributed by atoms with Crippen molar-refractivity contribution in [1.29, 1.82) is 0 Å². The Bertz CT molecular complexity index is 1150. The third-order valence-electron chi connectivity index (χ3n) is 6.45. The zero-order chi connectivity index (χ0) is 27.6. The predicted octanol–water partition coefficient (Wildman–Crippen LogP) is 5.56. The van der Waals surface area contributed by atoms with Gasteiger partial charge in [-0.25, -0.2) is 9.79 Å². The van der Waals surface area contributed by atoms with E-state index in [4.69, 9.17) is 9.47 Å². The lowest BCUT2D eigenvalue weighted by atomic mass is 9.91. The van der Waals surface area contributed by atoms with E-state index in [1.165, 1.54) is 0 Å². The number of hydrogen-bond donors (Lipinski definition) is 1. The molecule has 1 amide bonds. The van der Waals surface area contributed by atoms with Crippen LogP contribution in [0.15, 0.2) is 51.6 Å². The Morgan fingerprint density at radius 3 is 2.50 bits per heavy atom. The van der Waals surface area contributed by atoms with Crippen molar-refractivity contribution in [2.45, 2.75) is 77.3 Å². The van der Waals surface area contributed by atoms with Crippen LogP contribution in [0, 0.1) is 0 Å². The molecule has 38 heavy (non-hydrogen) atoms. The summed E-state index contributed by atoms with van der Waals surface area (Å²) in [6.45, 7) is 8.21. The molecule has 3 heterocycles. The van der Waals surface area contributed by atoms with Gasteiger partial charge in [-0.15, -0.1) is 0 Å². The van der Waals surface area contributed by atoms with E-state index in [1.54, 1.807) is 36.3 Å². The number of benzene rings is 1. The first kappa shape index (κ1) is 28.2. The summed E-state index contributed by atoms with van der Waals surface area (Å²) in [5, 5.41) is 4.52. The van der Waals surface area contributed by atoms with E-state index in [2.05, 4.69) is 10.3 Å². The summed E-state index contributed by atoms with van der Waals surface area (Å²) in [6, 6.07) is 5.95. The van der Waals surface area contributed by atoms with Crippen molar-refractivity contribution in [3.05, 3.63) is 57.8 Å². The highest BCUT2D eigenvalue weighted by molar-refractivity contribution is 8.16. The van der Waals surface area contributed by atoms with E-state index < -0.39 is 35.6 Å². The van der Waals surface area contributed by atoms with Gasteiger partial charge in [0.2, 0.25) is 5.91 Å². The summed E-state index contributed by atoms with van der Waals surface area (Å²) in [5.74, 6) is -1.17. The summed E-state index contributed by atoms with van der Waals surface area (Å²) in [4.78, 5) is 31.4. The number of esters is 1. The summed E-state index contributed by atoms with van der Waals surface area (Å²) < 4.78 is 53.6. The smallest absolute Gasteiger partial charge is 0.434 e. The number of fused-ring (bicyclic) bond motifs is 1. The fourth-order valence-electron chi connectivity index (χ4n) is 4.60. The molecule has 0 aromatic heterocycles. The Morgan fingerprint density at radius 2 is 1.92 bits per heavy atom. The Kier molecular flexibility index (Phi) is 8.56. The quantitative estimate of drug-likeness (QED) is 0.426. The molecule has 0 aliphatic carbocycles. The van der Waals surface area contributed by atoms with Gasteiger partial charge in [-0.1, -0.05) is 49.9 Å². The van der Waals surface area contributed by atoms with Crippen LogP contribution >= 0.6 is 11.8 Å². The lowest BCUT2D eigenvalue weighted by Gasteiger charge is -2.37. The first-order chi connectivity index (χ1) is 18.0. The third-order valence-corrected chi connectivity index (χ3v) is 7.34. The first-order valence-corrected chi connectivity index (χ1v) is 13.6. The van der Waals surface area contributed by atoms with Gasteiger partial charge in [-0.05, 0) is 49.1 Å². The number of carbonyl (C=O) groups excluding carboxylic acids is 2. The highest BCUT2D eigenvalue weighted by Gasteiger charge is 2.49. The van der Waals surface area contributed by atoms with Crippen LogP contribution in [-0.4, -0.2) is 53.5 Å². The normalized spacial score (nSPS) is 21.6. The molecular weight excluding hydrogens is 519 g/mol. The van der Waals surface area contributed by atoms with Crippen molar-refractivity contribution in [2.75, 3.05) is 13.2 Å². The third kappa shape index (κ3) is 6.26. The molecule has 0 unspecified atom stereocenters. The molecule has 1 N–H and O–H groups in total. The number of nitrogens with zero attached hydrogens (tertiary/aromatic N) is 2. The molecule has 3 aliphatic heterocycles. The fraction of sp³-hybridized carbons (Fsp3) is 0.519. The second-order valence-corrected chi connectivity index (χ2v) is 10.9. The summed E-state index contributed by atoms with van der Waals surface area (Å²) in [7, 11) is 0. The summed E-state index contributed by atoms with van der Waals surface area (Å²) >= 11 is 0.997. The monoisotopic (exact) mass is 551 g/mol. The number of halogens is 3. The number of ether oxygens (including phenoxy) is 2. The van der Waals surface area contributed by atoms with Crippen LogP contribution in [0.25, 0.3) is 0 Å².